The Labute approximate surface area is 121 Å². The van der Waals surface area contributed by atoms with Crippen LogP contribution in [0, 0.1) is 0 Å². The van der Waals surface area contributed by atoms with Gasteiger partial charge in [0.25, 0.3) is 0 Å². The molecule has 20 heavy (non-hydrogen) atoms. The van der Waals surface area contributed by atoms with Gasteiger partial charge in [0.2, 0.25) is 0 Å². The van der Waals surface area contributed by atoms with Gasteiger partial charge in [-0.15, -0.1) is 11.3 Å². The van der Waals surface area contributed by atoms with Gasteiger partial charge in [-0.05, 0) is 25.3 Å². The predicted molar refractivity (Wildman–Crippen MR) is 79.4 cm³/mol. The largest absolute Gasteiger partial charge is 0.478 e. The first-order valence-electron chi connectivity index (χ1n) is 6.19. The summed E-state index contributed by atoms with van der Waals surface area (Å²) in [5.74, 6) is 0.0990. The summed E-state index contributed by atoms with van der Waals surface area (Å²) in [7, 11) is 4.03. The minimum atomic E-state index is -0.924. The van der Waals surface area contributed by atoms with E-state index in [-0.39, 0.29) is 0 Å². The van der Waals surface area contributed by atoms with Crippen LogP contribution in [0.4, 0.5) is 0 Å². The number of thiophene rings is 1. The first kappa shape index (κ1) is 14.5. The second-order valence-corrected chi connectivity index (χ2v) is 5.80. The molecule has 0 aliphatic carbocycles. The molecule has 0 atom stereocenters. The molecule has 2 heterocycles. The molecule has 0 radical (unpaired) electrons. The van der Waals surface area contributed by atoms with Gasteiger partial charge in [-0.2, -0.15) is 0 Å². The molecule has 0 unspecified atom stereocenters. The molecule has 0 spiro atoms. The van der Waals surface area contributed by atoms with Crippen molar-refractivity contribution in [2.24, 2.45) is 7.05 Å². The average molecular weight is 291 g/mol. The number of rotatable bonds is 6. The van der Waals surface area contributed by atoms with E-state index in [1.807, 2.05) is 37.0 Å². The molecular weight excluding hydrogens is 274 g/mol. The summed E-state index contributed by atoms with van der Waals surface area (Å²) in [5, 5.41) is 8.60. The zero-order valence-corrected chi connectivity index (χ0v) is 12.3. The van der Waals surface area contributed by atoms with E-state index >= 15 is 0 Å². The molecule has 0 aliphatic heterocycles. The molecule has 0 amide bonds. The van der Waals surface area contributed by atoms with Crippen LogP contribution in [0.15, 0.2) is 30.6 Å². The van der Waals surface area contributed by atoms with E-state index in [0.29, 0.717) is 0 Å². The molecule has 106 valence electrons. The summed E-state index contributed by atoms with van der Waals surface area (Å²) >= 11 is 1.60. The van der Waals surface area contributed by atoms with Crippen molar-refractivity contribution < 1.29 is 9.90 Å². The SMILES string of the molecule is CN(Cc1ccc(C=CC(=O)O)s1)Cc1nccn1C. The summed E-state index contributed by atoms with van der Waals surface area (Å²) in [4.78, 5) is 19.1. The van der Waals surface area contributed by atoms with Crippen LogP contribution >= 0.6 is 11.3 Å². The quantitative estimate of drug-likeness (QED) is 0.829. The molecule has 2 aromatic heterocycles. The van der Waals surface area contributed by atoms with Crippen molar-refractivity contribution in [2.45, 2.75) is 13.1 Å². The lowest BCUT2D eigenvalue weighted by Gasteiger charge is -2.15. The number of hydrogen-bond acceptors (Lipinski definition) is 4. The van der Waals surface area contributed by atoms with E-state index in [2.05, 4.69) is 9.88 Å². The highest BCUT2D eigenvalue weighted by Crippen LogP contribution is 2.19. The van der Waals surface area contributed by atoms with E-state index in [4.69, 9.17) is 5.11 Å². The Kier molecular flexibility index (Phi) is 4.70. The second kappa shape index (κ2) is 6.49. The zero-order chi connectivity index (χ0) is 14.5. The molecular formula is C14H17N3O2S. The average Bonchev–Trinajstić information content (AvgIpc) is 2.97. The van der Waals surface area contributed by atoms with Crippen LogP contribution in [-0.2, 0) is 24.9 Å². The van der Waals surface area contributed by atoms with E-state index in [0.717, 1.165) is 29.9 Å². The number of aryl methyl sites for hydroxylation is 1. The fraction of sp³-hybridized carbons (Fsp3) is 0.286. The molecule has 0 aromatic carbocycles. The highest BCUT2D eigenvalue weighted by atomic mass is 32.1. The van der Waals surface area contributed by atoms with Gasteiger partial charge in [-0.3, -0.25) is 4.90 Å². The fourth-order valence-corrected chi connectivity index (χ4v) is 2.83. The smallest absolute Gasteiger partial charge is 0.328 e. The molecule has 0 bridgehead atoms. The van der Waals surface area contributed by atoms with Crippen molar-refractivity contribution in [3.8, 4) is 0 Å². The van der Waals surface area contributed by atoms with Gasteiger partial charge in [0.05, 0.1) is 6.54 Å². The van der Waals surface area contributed by atoms with Gasteiger partial charge < -0.3 is 9.67 Å². The Morgan fingerprint density at radius 3 is 2.95 bits per heavy atom. The van der Waals surface area contributed by atoms with Gasteiger partial charge in [0.1, 0.15) is 5.82 Å². The third-order valence-corrected chi connectivity index (χ3v) is 3.87. The summed E-state index contributed by atoms with van der Waals surface area (Å²) in [6, 6.07) is 3.97. The predicted octanol–water partition coefficient (Wildman–Crippen LogP) is 2.21. The van der Waals surface area contributed by atoms with Crippen molar-refractivity contribution in [3.63, 3.8) is 0 Å². The highest BCUT2D eigenvalue weighted by Gasteiger charge is 2.07. The van der Waals surface area contributed by atoms with Crippen molar-refractivity contribution in [1.29, 1.82) is 0 Å². The number of nitrogens with zero attached hydrogens (tertiary/aromatic N) is 3. The Morgan fingerprint density at radius 2 is 2.30 bits per heavy atom. The summed E-state index contributed by atoms with van der Waals surface area (Å²) in [6.07, 6.45) is 6.51. The number of carboxylic acid groups (broad SMARTS) is 1. The summed E-state index contributed by atoms with van der Waals surface area (Å²) < 4.78 is 2.01. The molecule has 1 N–H and O–H groups in total. The summed E-state index contributed by atoms with van der Waals surface area (Å²) in [5.41, 5.74) is 0. The van der Waals surface area contributed by atoms with Crippen molar-refractivity contribution >= 4 is 23.4 Å². The van der Waals surface area contributed by atoms with Gasteiger partial charge in [-0.1, -0.05) is 0 Å². The Morgan fingerprint density at radius 1 is 1.50 bits per heavy atom. The standard InChI is InChI=1S/C14H17N3O2S/c1-16(10-13-15-7-8-17(13)2)9-12-4-3-11(20-12)5-6-14(18)19/h3-8H,9-10H2,1-2H3,(H,18,19). The van der Waals surface area contributed by atoms with Crippen LogP contribution < -0.4 is 0 Å². The van der Waals surface area contributed by atoms with Crippen LogP contribution in [0.3, 0.4) is 0 Å². The Hall–Kier alpha value is -1.92. The number of imidazole rings is 1. The van der Waals surface area contributed by atoms with Crippen molar-refractivity contribution in [1.82, 2.24) is 14.5 Å². The Balaban J connectivity index is 1.93. The molecule has 6 heteroatoms. The molecule has 0 saturated carbocycles. The van der Waals surface area contributed by atoms with Gasteiger partial charge in [0.15, 0.2) is 0 Å². The van der Waals surface area contributed by atoms with Gasteiger partial charge >= 0.3 is 5.97 Å². The molecule has 0 fully saturated rings. The van der Waals surface area contributed by atoms with Crippen LogP contribution in [0.1, 0.15) is 15.6 Å². The maximum Gasteiger partial charge on any atom is 0.328 e. The number of aromatic nitrogens is 2. The van der Waals surface area contributed by atoms with Crippen LogP contribution in [-0.4, -0.2) is 32.6 Å². The van der Waals surface area contributed by atoms with Crippen LogP contribution in [0.2, 0.25) is 0 Å². The number of carbonyl (C=O) groups is 1. The topological polar surface area (TPSA) is 58.4 Å². The van der Waals surface area contributed by atoms with Gasteiger partial charge in [0, 0.05) is 41.8 Å². The zero-order valence-electron chi connectivity index (χ0n) is 11.5. The minimum Gasteiger partial charge on any atom is -0.478 e. The van der Waals surface area contributed by atoms with E-state index in [1.165, 1.54) is 4.88 Å². The van der Waals surface area contributed by atoms with Crippen molar-refractivity contribution in [3.05, 3.63) is 46.2 Å². The molecule has 0 aliphatic rings. The number of carboxylic acids is 1. The maximum absolute atomic E-state index is 10.5. The normalized spacial score (nSPS) is 11.6. The fourth-order valence-electron chi connectivity index (χ4n) is 1.83. The minimum absolute atomic E-state index is 0.779. The third-order valence-electron chi connectivity index (χ3n) is 2.83. The van der Waals surface area contributed by atoms with E-state index < -0.39 is 5.97 Å². The second-order valence-electron chi connectivity index (χ2n) is 4.60. The molecule has 5 nitrogen and oxygen atoms in total. The van der Waals surface area contributed by atoms with Crippen molar-refractivity contribution in [2.75, 3.05) is 7.05 Å². The Bertz CT molecular complexity index is 615. The van der Waals surface area contributed by atoms with Crippen LogP contribution in [0.25, 0.3) is 6.08 Å². The van der Waals surface area contributed by atoms with Gasteiger partial charge in [-0.25, -0.2) is 9.78 Å². The van der Waals surface area contributed by atoms with E-state index in [9.17, 15) is 4.79 Å². The lowest BCUT2D eigenvalue weighted by Crippen LogP contribution is -2.18. The third kappa shape index (κ3) is 4.04. The highest BCUT2D eigenvalue weighted by molar-refractivity contribution is 7.12. The first-order valence-corrected chi connectivity index (χ1v) is 7.00. The first-order chi connectivity index (χ1) is 9.54. The lowest BCUT2D eigenvalue weighted by atomic mass is 10.3. The number of hydrogen-bond donors (Lipinski definition) is 1. The molecule has 0 saturated heterocycles. The molecule has 2 rings (SSSR count). The maximum atomic E-state index is 10.5. The summed E-state index contributed by atoms with van der Waals surface area (Å²) in [6.45, 7) is 1.60. The van der Waals surface area contributed by atoms with E-state index in [1.54, 1.807) is 23.6 Å². The monoisotopic (exact) mass is 291 g/mol. The van der Waals surface area contributed by atoms with Crippen LogP contribution in [0.5, 0.6) is 0 Å². The lowest BCUT2D eigenvalue weighted by molar-refractivity contribution is -0.131. The number of aliphatic carboxylic acids is 1. The molecule has 2 aromatic rings.